The molecule has 20 heavy (non-hydrogen) atoms. The summed E-state index contributed by atoms with van der Waals surface area (Å²) < 4.78 is 15.6. The average molecular weight is 275 g/mol. The minimum atomic E-state index is -0.213. The zero-order valence-corrected chi connectivity index (χ0v) is 12.0. The number of nitrogen functional groups attached to an aromatic ring is 1. The molecule has 1 heterocycles. The first-order valence-electron chi connectivity index (χ1n) is 7.57. The van der Waals surface area contributed by atoms with Crippen LogP contribution in [-0.4, -0.2) is 9.55 Å². The van der Waals surface area contributed by atoms with Crippen molar-refractivity contribution >= 4 is 17.0 Å². The van der Waals surface area contributed by atoms with Gasteiger partial charge in [0.15, 0.2) is 0 Å². The number of hydrogen-bond acceptors (Lipinski definition) is 2. The molecule has 4 heteroatoms. The average Bonchev–Trinajstić information content (AvgIpc) is 2.73. The first-order valence-corrected chi connectivity index (χ1v) is 7.57. The molecule has 3 nitrogen and oxygen atoms in total. The number of benzene rings is 1. The second-order valence-corrected chi connectivity index (χ2v) is 6.00. The van der Waals surface area contributed by atoms with Gasteiger partial charge in [-0.1, -0.05) is 32.1 Å². The molecule has 0 amide bonds. The number of aryl methyl sites for hydroxylation is 2. The van der Waals surface area contributed by atoms with Crippen molar-refractivity contribution in [3.8, 4) is 0 Å². The fourth-order valence-electron chi connectivity index (χ4n) is 3.29. The van der Waals surface area contributed by atoms with Crippen molar-refractivity contribution in [3.63, 3.8) is 0 Å². The normalized spacial score (nSPS) is 16.9. The van der Waals surface area contributed by atoms with Gasteiger partial charge in [-0.05, 0) is 30.9 Å². The molecule has 0 radical (unpaired) electrons. The molecule has 0 spiro atoms. The molecule has 1 fully saturated rings. The van der Waals surface area contributed by atoms with Crippen molar-refractivity contribution in [2.24, 2.45) is 5.92 Å². The Labute approximate surface area is 119 Å². The van der Waals surface area contributed by atoms with Crippen LogP contribution in [0.25, 0.3) is 11.0 Å². The summed E-state index contributed by atoms with van der Waals surface area (Å²) in [5, 5.41) is 0. The first-order chi connectivity index (χ1) is 9.65. The second-order valence-electron chi connectivity index (χ2n) is 6.00. The van der Waals surface area contributed by atoms with Crippen molar-refractivity contribution in [3.05, 3.63) is 23.5 Å². The lowest BCUT2D eigenvalue weighted by molar-refractivity contribution is 0.326. The van der Waals surface area contributed by atoms with E-state index in [1.165, 1.54) is 38.2 Å². The molecule has 1 saturated carbocycles. The summed E-state index contributed by atoms with van der Waals surface area (Å²) in [6, 6.07) is 3.34. The Hall–Kier alpha value is -1.58. The lowest BCUT2D eigenvalue weighted by Crippen LogP contribution is -2.11. The molecule has 1 aliphatic carbocycles. The number of nitrogens with zero attached hydrogens (tertiary/aromatic N) is 2. The van der Waals surface area contributed by atoms with Gasteiger partial charge in [-0.15, -0.1) is 0 Å². The Morgan fingerprint density at radius 3 is 2.80 bits per heavy atom. The minimum Gasteiger partial charge on any atom is -0.369 e. The summed E-state index contributed by atoms with van der Waals surface area (Å²) in [5.74, 6) is 1.09. The van der Waals surface area contributed by atoms with E-state index in [1.54, 1.807) is 6.92 Å². The van der Waals surface area contributed by atoms with E-state index < -0.39 is 0 Å². The van der Waals surface area contributed by atoms with Gasteiger partial charge in [0.25, 0.3) is 0 Å². The van der Waals surface area contributed by atoms with Crippen LogP contribution < -0.4 is 5.73 Å². The van der Waals surface area contributed by atoms with Gasteiger partial charge in [0.1, 0.15) is 5.82 Å². The van der Waals surface area contributed by atoms with Gasteiger partial charge < -0.3 is 10.3 Å². The van der Waals surface area contributed by atoms with E-state index in [4.69, 9.17) is 5.73 Å². The minimum absolute atomic E-state index is 0.213. The van der Waals surface area contributed by atoms with Crippen LogP contribution in [-0.2, 0) is 6.54 Å². The van der Waals surface area contributed by atoms with Crippen LogP contribution in [0.5, 0.6) is 0 Å². The SMILES string of the molecule is Cc1cc2c(cc1F)nc(N)n2CCC1CCCCC1. The van der Waals surface area contributed by atoms with Gasteiger partial charge in [-0.2, -0.15) is 0 Å². The standard InChI is InChI=1S/C16H22FN3/c1-11-9-15-14(10-13(11)17)19-16(18)20(15)8-7-12-5-3-2-4-6-12/h9-10,12H,2-8H2,1H3,(H2,18,19). The number of imidazole rings is 1. The fourth-order valence-corrected chi connectivity index (χ4v) is 3.29. The number of fused-ring (bicyclic) bond motifs is 1. The van der Waals surface area contributed by atoms with Crippen LogP contribution in [0.2, 0.25) is 0 Å². The van der Waals surface area contributed by atoms with Crippen LogP contribution in [0.1, 0.15) is 44.1 Å². The van der Waals surface area contributed by atoms with Crippen molar-refractivity contribution in [2.45, 2.75) is 52.0 Å². The number of hydrogen-bond donors (Lipinski definition) is 1. The molecule has 3 rings (SSSR count). The van der Waals surface area contributed by atoms with Gasteiger partial charge in [-0.25, -0.2) is 9.37 Å². The summed E-state index contributed by atoms with van der Waals surface area (Å²) in [6.07, 6.45) is 7.90. The Morgan fingerprint density at radius 1 is 1.30 bits per heavy atom. The smallest absolute Gasteiger partial charge is 0.201 e. The molecule has 0 bridgehead atoms. The number of nitrogens with two attached hydrogens (primary N) is 1. The third kappa shape index (κ3) is 2.51. The molecule has 0 aliphatic heterocycles. The van der Waals surface area contributed by atoms with E-state index in [0.717, 1.165) is 24.4 Å². The van der Waals surface area contributed by atoms with E-state index in [0.29, 0.717) is 17.0 Å². The Balaban J connectivity index is 1.83. The van der Waals surface area contributed by atoms with E-state index in [-0.39, 0.29) is 5.82 Å². The van der Waals surface area contributed by atoms with Crippen molar-refractivity contribution in [1.29, 1.82) is 0 Å². The quantitative estimate of drug-likeness (QED) is 0.918. The zero-order valence-electron chi connectivity index (χ0n) is 12.0. The molecule has 1 aromatic carbocycles. The highest BCUT2D eigenvalue weighted by atomic mass is 19.1. The number of rotatable bonds is 3. The monoisotopic (exact) mass is 275 g/mol. The van der Waals surface area contributed by atoms with Crippen LogP contribution >= 0.6 is 0 Å². The lowest BCUT2D eigenvalue weighted by atomic mass is 9.87. The molecule has 1 aliphatic rings. The van der Waals surface area contributed by atoms with E-state index >= 15 is 0 Å². The summed E-state index contributed by atoms with van der Waals surface area (Å²) in [6.45, 7) is 2.67. The number of aromatic nitrogens is 2. The molecule has 0 atom stereocenters. The largest absolute Gasteiger partial charge is 0.369 e. The predicted molar refractivity (Wildman–Crippen MR) is 80.0 cm³/mol. The highest BCUT2D eigenvalue weighted by Crippen LogP contribution is 2.28. The molecule has 2 N–H and O–H groups in total. The Morgan fingerprint density at radius 2 is 2.05 bits per heavy atom. The molecule has 0 saturated heterocycles. The Kier molecular flexibility index (Phi) is 3.64. The maximum atomic E-state index is 13.6. The number of anilines is 1. The van der Waals surface area contributed by atoms with Crippen LogP contribution in [0, 0.1) is 18.7 Å². The van der Waals surface area contributed by atoms with Crippen LogP contribution in [0.15, 0.2) is 12.1 Å². The second kappa shape index (κ2) is 5.43. The summed E-state index contributed by atoms with van der Waals surface area (Å²) in [4.78, 5) is 4.28. The van der Waals surface area contributed by atoms with Gasteiger partial charge in [0.2, 0.25) is 5.95 Å². The zero-order chi connectivity index (χ0) is 14.1. The van der Waals surface area contributed by atoms with E-state index in [9.17, 15) is 4.39 Å². The molecule has 2 aromatic rings. The van der Waals surface area contributed by atoms with Crippen molar-refractivity contribution in [2.75, 3.05) is 5.73 Å². The predicted octanol–water partition coefficient (Wildman–Crippen LogP) is 4.04. The topological polar surface area (TPSA) is 43.8 Å². The molecule has 1 aromatic heterocycles. The molecule has 0 unspecified atom stereocenters. The maximum absolute atomic E-state index is 13.6. The summed E-state index contributed by atoms with van der Waals surface area (Å²) in [7, 11) is 0. The van der Waals surface area contributed by atoms with Gasteiger partial charge in [0.05, 0.1) is 11.0 Å². The fraction of sp³-hybridized carbons (Fsp3) is 0.562. The summed E-state index contributed by atoms with van der Waals surface area (Å²) >= 11 is 0. The Bertz CT molecular complexity index is 612. The molecular formula is C16H22FN3. The third-order valence-corrected chi connectivity index (χ3v) is 4.54. The molecular weight excluding hydrogens is 253 g/mol. The summed E-state index contributed by atoms with van der Waals surface area (Å²) in [5.41, 5.74) is 8.26. The maximum Gasteiger partial charge on any atom is 0.201 e. The van der Waals surface area contributed by atoms with E-state index in [1.807, 2.05) is 10.6 Å². The van der Waals surface area contributed by atoms with Gasteiger partial charge in [-0.3, -0.25) is 0 Å². The van der Waals surface area contributed by atoms with Crippen molar-refractivity contribution in [1.82, 2.24) is 9.55 Å². The first kappa shape index (κ1) is 13.4. The van der Waals surface area contributed by atoms with Gasteiger partial charge >= 0.3 is 0 Å². The number of halogens is 1. The lowest BCUT2D eigenvalue weighted by Gasteiger charge is -2.21. The highest BCUT2D eigenvalue weighted by Gasteiger charge is 2.16. The third-order valence-electron chi connectivity index (χ3n) is 4.54. The van der Waals surface area contributed by atoms with Gasteiger partial charge in [0, 0.05) is 12.6 Å². The van der Waals surface area contributed by atoms with E-state index in [2.05, 4.69) is 4.98 Å². The van der Waals surface area contributed by atoms with Crippen LogP contribution in [0.4, 0.5) is 10.3 Å². The highest BCUT2D eigenvalue weighted by molar-refractivity contribution is 5.79. The van der Waals surface area contributed by atoms with Crippen molar-refractivity contribution < 1.29 is 4.39 Å². The van der Waals surface area contributed by atoms with Crippen LogP contribution in [0.3, 0.4) is 0 Å². The molecule has 108 valence electrons.